The summed E-state index contributed by atoms with van der Waals surface area (Å²) in [6, 6.07) is 13.4. The van der Waals surface area contributed by atoms with Gasteiger partial charge in [0.25, 0.3) is 0 Å². The van der Waals surface area contributed by atoms with Crippen molar-refractivity contribution < 1.29 is 13.5 Å². The number of aromatic nitrogens is 1. The molecule has 0 N–H and O–H groups in total. The molecule has 0 amide bonds. The van der Waals surface area contributed by atoms with Gasteiger partial charge in [0.05, 0.1) is 11.3 Å². The maximum atomic E-state index is 12.0. The lowest BCUT2D eigenvalue weighted by molar-refractivity contribution is -0.0498. The molecular formula is C15H10F2N2O. The number of rotatable bonds is 4. The molecular weight excluding hydrogens is 262 g/mol. The van der Waals surface area contributed by atoms with Crippen LogP contribution in [0.2, 0.25) is 0 Å². The van der Waals surface area contributed by atoms with Gasteiger partial charge in [0.15, 0.2) is 0 Å². The Morgan fingerprint density at radius 3 is 2.50 bits per heavy atom. The van der Waals surface area contributed by atoms with Gasteiger partial charge in [-0.1, -0.05) is 18.2 Å². The minimum absolute atomic E-state index is 0.0773. The molecule has 5 heteroatoms. The van der Waals surface area contributed by atoms with Crippen LogP contribution >= 0.6 is 0 Å². The number of nitriles is 1. The van der Waals surface area contributed by atoms with Gasteiger partial charge in [0, 0.05) is 6.20 Å². The standard InChI is InChI=1S/C15H10F2N2O/c16-15(17)20-13-6-4-11(5-7-13)9-12(10-18)14-3-1-2-8-19-14/h1-9,15H/b12-9+. The second-order valence-corrected chi connectivity index (χ2v) is 3.83. The summed E-state index contributed by atoms with van der Waals surface area (Å²) in [4.78, 5) is 4.09. The fraction of sp³-hybridized carbons (Fsp3) is 0.0667. The molecule has 0 spiro atoms. The molecule has 0 atom stereocenters. The van der Waals surface area contributed by atoms with Crippen molar-refractivity contribution in [2.45, 2.75) is 6.61 Å². The van der Waals surface area contributed by atoms with Gasteiger partial charge in [-0.05, 0) is 35.9 Å². The maximum absolute atomic E-state index is 12.0. The molecule has 1 aromatic carbocycles. The Labute approximate surface area is 114 Å². The zero-order valence-corrected chi connectivity index (χ0v) is 10.3. The lowest BCUT2D eigenvalue weighted by Crippen LogP contribution is -2.01. The van der Waals surface area contributed by atoms with Crippen molar-refractivity contribution in [3.05, 3.63) is 59.9 Å². The van der Waals surface area contributed by atoms with Crippen molar-refractivity contribution in [3.63, 3.8) is 0 Å². The van der Waals surface area contributed by atoms with Gasteiger partial charge in [-0.15, -0.1) is 0 Å². The van der Waals surface area contributed by atoms with E-state index in [1.165, 1.54) is 12.1 Å². The molecule has 1 aromatic heterocycles. The first kappa shape index (κ1) is 13.7. The van der Waals surface area contributed by atoms with Crippen LogP contribution < -0.4 is 4.74 Å². The van der Waals surface area contributed by atoms with Crippen molar-refractivity contribution in [2.75, 3.05) is 0 Å². The summed E-state index contributed by atoms with van der Waals surface area (Å²) >= 11 is 0. The predicted octanol–water partition coefficient (Wildman–Crippen LogP) is 3.75. The lowest BCUT2D eigenvalue weighted by atomic mass is 10.1. The molecule has 1 heterocycles. The predicted molar refractivity (Wildman–Crippen MR) is 70.8 cm³/mol. The Morgan fingerprint density at radius 2 is 1.95 bits per heavy atom. The molecule has 0 saturated heterocycles. The molecule has 0 aliphatic carbocycles. The third-order valence-corrected chi connectivity index (χ3v) is 2.48. The first-order valence-corrected chi connectivity index (χ1v) is 5.77. The molecule has 0 aliphatic heterocycles. The highest BCUT2D eigenvalue weighted by molar-refractivity contribution is 5.88. The second-order valence-electron chi connectivity index (χ2n) is 3.83. The van der Waals surface area contributed by atoms with Crippen LogP contribution in [-0.4, -0.2) is 11.6 Å². The van der Waals surface area contributed by atoms with Gasteiger partial charge < -0.3 is 4.74 Å². The van der Waals surface area contributed by atoms with Gasteiger partial charge in [-0.25, -0.2) is 0 Å². The fourth-order valence-corrected chi connectivity index (χ4v) is 1.60. The van der Waals surface area contributed by atoms with E-state index in [0.29, 0.717) is 16.8 Å². The van der Waals surface area contributed by atoms with Crippen molar-refractivity contribution in [1.82, 2.24) is 4.98 Å². The summed E-state index contributed by atoms with van der Waals surface area (Å²) in [5.74, 6) is 0.0773. The van der Waals surface area contributed by atoms with Crippen LogP contribution in [0.1, 0.15) is 11.3 Å². The number of ether oxygens (including phenoxy) is 1. The van der Waals surface area contributed by atoms with E-state index in [2.05, 4.69) is 15.8 Å². The van der Waals surface area contributed by atoms with E-state index in [1.54, 1.807) is 42.6 Å². The molecule has 0 radical (unpaired) electrons. The number of hydrogen-bond acceptors (Lipinski definition) is 3. The van der Waals surface area contributed by atoms with E-state index in [-0.39, 0.29) is 5.75 Å². The zero-order valence-electron chi connectivity index (χ0n) is 10.3. The minimum Gasteiger partial charge on any atom is -0.435 e. The largest absolute Gasteiger partial charge is 0.435 e. The van der Waals surface area contributed by atoms with Gasteiger partial charge in [0.2, 0.25) is 0 Å². The van der Waals surface area contributed by atoms with E-state index < -0.39 is 6.61 Å². The first-order valence-electron chi connectivity index (χ1n) is 5.77. The molecule has 20 heavy (non-hydrogen) atoms. The summed E-state index contributed by atoms with van der Waals surface area (Å²) in [5, 5.41) is 9.13. The number of halogens is 2. The van der Waals surface area contributed by atoms with Crippen molar-refractivity contribution in [3.8, 4) is 11.8 Å². The monoisotopic (exact) mass is 272 g/mol. The summed E-state index contributed by atoms with van der Waals surface area (Å²) in [6.07, 6.45) is 3.23. The molecule has 2 rings (SSSR count). The van der Waals surface area contributed by atoms with Gasteiger partial charge in [0.1, 0.15) is 11.8 Å². The zero-order chi connectivity index (χ0) is 14.4. The summed E-state index contributed by atoms with van der Waals surface area (Å²) < 4.78 is 28.3. The van der Waals surface area contributed by atoms with E-state index >= 15 is 0 Å². The van der Waals surface area contributed by atoms with Crippen LogP contribution in [0.5, 0.6) is 5.75 Å². The number of hydrogen-bond donors (Lipinski definition) is 0. The van der Waals surface area contributed by atoms with Crippen molar-refractivity contribution >= 4 is 11.6 Å². The Balaban J connectivity index is 2.23. The molecule has 100 valence electrons. The second kappa shape index (κ2) is 6.43. The van der Waals surface area contributed by atoms with Gasteiger partial charge in [-0.2, -0.15) is 14.0 Å². The lowest BCUT2D eigenvalue weighted by Gasteiger charge is -2.04. The molecule has 0 saturated carbocycles. The first-order chi connectivity index (χ1) is 9.69. The van der Waals surface area contributed by atoms with Crippen LogP contribution in [0, 0.1) is 11.3 Å². The number of allylic oxidation sites excluding steroid dienone is 1. The third-order valence-electron chi connectivity index (χ3n) is 2.48. The highest BCUT2D eigenvalue weighted by Crippen LogP contribution is 2.19. The summed E-state index contributed by atoms with van der Waals surface area (Å²) in [5.41, 5.74) is 1.66. The van der Waals surface area contributed by atoms with Crippen LogP contribution in [0.4, 0.5) is 8.78 Å². The fourth-order valence-electron chi connectivity index (χ4n) is 1.60. The minimum atomic E-state index is -2.85. The topological polar surface area (TPSA) is 45.9 Å². The Kier molecular flexibility index (Phi) is 4.40. The third kappa shape index (κ3) is 3.62. The van der Waals surface area contributed by atoms with E-state index in [0.717, 1.165) is 0 Å². The highest BCUT2D eigenvalue weighted by atomic mass is 19.3. The number of benzene rings is 1. The Bertz CT molecular complexity index is 631. The number of nitrogens with zero attached hydrogens (tertiary/aromatic N) is 2. The molecule has 2 aromatic rings. The van der Waals surface area contributed by atoms with Crippen molar-refractivity contribution in [2.24, 2.45) is 0 Å². The van der Waals surface area contributed by atoms with E-state index in [9.17, 15) is 8.78 Å². The Morgan fingerprint density at radius 1 is 1.20 bits per heavy atom. The molecule has 0 aliphatic rings. The quantitative estimate of drug-likeness (QED) is 0.796. The summed E-state index contributed by atoms with van der Waals surface area (Å²) in [7, 11) is 0. The van der Waals surface area contributed by atoms with Crippen LogP contribution in [0.3, 0.4) is 0 Å². The van der Waals surface area contributed by atoms with Crippen LogP contribution in [0.15, 0.2) is 48.7 Å². The SMILES string of the molecule is N#C/C(=C\c1ccc(OC(F)F)cc1)c1ccccn1. The van der Waals surface area contributed by atoms with Crippen molar-refractivity contribution in [1.29, 1.82) is 5.26 Å². The smallest absolute Gasteiger partial charge is 0.387 e. The van der Waals surface area contributed by atoms with E-state index in [4.69, 9.17) is 5.26 Å². The average molecular weight is 272 g/mol. The average Bonchev–Trinajstić information content (AvgIpc) is 2.47. The van der Waals surface area contributed by atoms with Crippen LogP contribution in [-0.2, 0) is 0 Å². The van der Waals surface area contributed by atoms with E-state index in [1.807, 2.05) is 0 Å². The normalized spacial score (nSPS) is 11.2. The van der Waals surface area contributed by atoms with Gasteiger partial charge >= 0.3 is 6.61 Å². The summed E-state index contributed by atoms with van der Waals surface area (Å²) in [6.45, 7) is -2.85. The maximum Gasteiger partial charge on any atom is 0.387 e. The highest BCUT2D eigenvalue weighted by Gasteiger charge is 2.04. The molecule has 0 unspecified atom stereocenters. The molecule has 0 bridgehead atoms. The Hall–Kier alpha value is -2.74. The van der Waals surface area contributed by atoms with Gasteiger partial charge in [-0.3, -0.25) is 4.98 Å². The number of alkyl halides is 2. The number of pyridine rings is 1. The van der Waals surface area contributed by atoms with Crippen LogP contribution in [0.25, 0.3) is 11.6 Å². The molecule has 0 fully saturated rings. The molecule has 3 nitrogen and oxygen atoms in total.